The van der Waals surface area contributed by atoms with Crippen LogP contribution in [0.5, 0.6) is 11.5 Å². The van der Waals surface area contributed by atoms with Gasteiger partial charge in [-0.2, -0.15) is 0 Å². The number of fused-ring (bicyclic) bond motifs is 1. The maximum atomic E-state index is 12.8. The van der Waals surface area contributed by atoms with Crippen molar-refractivity contribution in [2.75, 3.05) is 23.3 Å². The number of sulfonamides is 1. The standard InChI is InChI=1S/C22H21N3O6S2/c1-13-21(23-22(26)14-2-3-14)18(31-24-13)8-5-16-6-9-20(32-16)33(27,28)25-15-4-7-17-19(12-15)30-11-10-29-17/h4-9,12,14,25H,2-3,10-11H2,1H3,(H,23,26)/b8-5+. The fourth-order valence-corrected chi connectivity index (χ4v) is 5.54. The largest absolute Gasteiger partial charge is 0.486 e. The Balaban J connectivity index is 1.30. The fraction of sp³-hybridized carbons (Fsp3) is 0.273. The number of rotatable bonds is 7. The first-order valence-electron chi connectivity index (χ1n) is 10.4. The molecule has 2 N–H and O–H groups in total. The van der Waals surface area contributed by atoms with Crippen molar-refractivity contribution in [2.45, 2.75) is 24.0 Å². The number of carbonyl (C=O) groups is 1. The highest BCUT2D eigenvalue weighted by Crippen LogP contribution is 2.35. The minimum Gasteiger partial charge on any atom is -0.486 e. The van der Waals surface area contributed by atoms with Gasteiger partial charge in [-0.15, -0.1) is 11.3 Å². The Hall–Kier alpha value is -3.31. The number of aromatic nitrogens is 1. The Morgan fingerprint density at radius 1 is 1.12 bits per heavy atom. The van der Waals surface area contributed by atoms with Crippen LogP contribution in [0.3, 0.4) is 0 Å². The van der Waals surface area contributed by atoms with Crippen molar-refractivity contribution >= 4 is 50.8 Å². The molecule has 2 aliphatic rings. The van der Waals surface area contributed by atoms with Gasteiger partial charge >= 0.3 is 0 Å². The van der Waals surface area contributed by atoms with Gasteiger partial charge in [-0.3, -0.25) is 9.52 Å². The van der Waals surface area contributed by atoms with Gasteiger partial charge in [-0.05, 0) is 56.2 Å². The Labute approximate surface area is 194 Å². The molecule has 33 heavy (non-hydrogen) atoms. The Bertz CT molecular complexity index is 1340. The highest BCUT2D eigenvalue weighted by molar-refractivity contribution is 7.94. The lowest BCUT2D eigenvalue weighted by atomic mass is 10.2. The second-order valence-corrected chi connectivity index (χ2v) is 10.7. The number of carbonyl (C=O) groups excluding carboxylic acids is 1. The Morgan fingerprint density at radius 3 is 2.70 bits per heavy atom. The molecule has 11 heteroatoms. The van der Waals surface area contributed by atoms with Crippen LogP contribution in [0.25, 0.3) is 12.2 Å². The molecule has 2 aromatic heterocycles. The summed E-state index contributed by atoms with van der Waals surface area (Å²) in [6.45, 7) is 2.63. The molecule has 1 fully saturated rings. The number of nitrogens with zero attached hydrogens (tertiary/aromatic N) is 1. The van der Waals surface area contributed by atoms with E-state index < -0.39 is 10.0 Å². The molecule has 1 aromatic carbocycles. The third kappa shape index (κ3) is 4.74. The number of benzene rings is 1. The van der Waals surface area contributed by atoms with Gasteiger partial charge in [0.05, 0.1) is 5.69 Å². The molecule has 0 saturated heterocycles. The lowest BCUT2D eigenvalue weighted by molar-refractivity contribution is -0.117. The molecule has 1 saturated carbocycles. The van der Waals surface area contributed by atoms with Crippen molar-refractivity contribution in [3.05, 3.63) is 46.7 Å². The SMILES string of the molecule is Cc1noc(/C=C/c2ccc(S(=O)(=O)Nc3ccc4c(c3)OCCO4)s2)c1NC(=O)C1CC1. The van der Waals surface area contributed by atoms with Gasteiger partial charge in [0.15, 0.2) is 17.3 Å². The summed E-state index contributed by atoms with van der Waals surface area (Å²) in [4.78, 5) is 12.8. The number of anilines is 2. The number of hydrogen-bond acceptors (Lipinski definition) is 8. The predicted molar refractivity (Wildman–Crippen MR) is 124 cm³/mol. The number of ether oxygens (including phenoxy) is 2. The number of hydrogen-bond donors (Lipinski definition) is 2. The van der Waals surface area contributed by atoms with E-state index in [1.54, 1.807) is 43.3 Å². The molecule has 0 radical (unpaired) electrons. The minimum atomic E-state index is -3.78. The van der Waals surface area contributed by atoms with Crippen LogP contribution in [0.2, 0.25) is 0 Å². The van der Waals surface area contributed by atoms with E-state index in [0.29, 0.717) is 52.4 Å². The van der Waals surface area contributed by atoms with E-state index in [1.807, 2.05) is 0 Å². The first-order chi connectivity index (χ1) is 15.9. The molecule has 5 rings (SSSR count). The van der Waals surface area contributed by atoms with Crippen LogP contribution < -0.4 is 19.5 Å². The van der Waals surface area contributed by atoms with E-state index in [0.717, 1.165) is 24.2 Å². The monoisotopic (exact) mass is 487 g/mol. The van der Waals surface area contributed by atoms with Crippen LogP contribution in [-0.2, 0) is 14.8 Å². The zero-order chi connectivity index (χ0) is 23.0. The van der Waals surface area contributed by atoms with Crippen molar-refractivity contribution in [1.29, 1.82) is 0 Å². The average molecular weight is 488 g/mol. The Kier molecular flexibility index (Phi) is 5.59. The van der Waals surface area contributed by atoms with Gasteiger partial charge in [0.1, 0.15) is 28.8 Å². The predicted octanol–water partition coefficient (Wildman–Crippen LogP) is 4.14. The third-order valence-electron chi connectivity index (χ3n) is 5.15. The van der Waals surface area contributed by atoms with Crippen LogP contribution in [0.1, 0.15) is 29.2 Å². The molecular weight excluding hydrogens is 466 g/mol. The second kappa shape index (κ2) is 8.56. The van der Waals surface area contributed by atoms with Crippen molar-refractivity contribution in [2.24, 2.45) is 5.92 Å². The molecule has 0 bridgehead atoms. The molecule has 9 nitrogen and oxygen atoms in total. The van der Waals surface area contributed by atoms with Crippen molar-refractivity contribution in [3.8, 4) is 11.5 Å². The normalized spacial score (nSPS) is 15.5. The molecule has 3 aromatic rings. The lowest BCUT2D eigenvalue weighted by Crippen LogP contribution is -2.16. The summed E-state index contributed by atoms with van der Waals surface area (Å²) < 4.78 is 44.7. The van der Waals surface area contributed by atoms with E-state index in [2.05, 4.69) is 15.2 Å². The molecular formula is C22H21N3O6S2. The highest BCUT2D eigenvalue weighted by Gasteiger charge is 2.31. The van der Waals surface area contributed by atoms with Gasteiger partial charge < -0.3 is 19.3 Å². The summed E-state index contributed by atoms with van der Waals surface area (Å²) in [6.07, 6.45) is 5.18. The summed E-state index contributed by atoms with van der Waals surface area (Å²) in [7, 11) is -3.78. The molecule has 172 valence electrons. The molecule has 1 aliphatic carbocycles. The number of thiophene rings is 1. The summed E-state index contributed by atoms with van der Waals surface area (Å²) in [5.74, 6) is 1.52. The zero-order valence-electron chi connectivity index (χ0n) is 17.7. The number of amides is 1. The topological polar surface area (TPSA) is 120 Å². The second-order valence-electron chi connectivity index (χ2n) is 7.72. The smallest absolute Gasteiger partial charge is 0.271 e. The fourth-order valence-electron chi connectivity index (χ4n) is 3.26. The maximum Gasteiger partial charge on any atom is 0.271 e. The summed E-state index contributed by atoms with van der Waals surface area (Å²) >= 11 is 1.11. The Morgan fingerprint density at radius 2 is 1.91 bits per heavy atom. The molecule has 0 unspecified atom stereocenters. The minimum absolute atomic E-state index is 0.0364. The van der Waals surface area contributed by atoms with Crippen LogP contribution in [0.15, 0.2) is 39.1 Å². The zero-order valence-corrected chi connectivity index (χ0v) is 19.3. The van der Waals surface area contributed by atoms with Crippen molar-refractivity contribution < 1.29 is 27.2 Å². The van der Waals surface area contributed by atoms with Crippen LogP contribution in [0, 0.1) is 12.8 Å². The number of nitrogens with one attached hydrogen (secondary N) is 2. The van der Waals surface area contributed by atoms with E-state index >= 15 is 0 Å². The van der Waals surface area contributed by atoms with Gasteiger partial charge in [0, 0.05) is 16.9 Å². The maximum absolute atomic E-state index is 12.8. The quantitative estimate of drug-likeness (QED) is 0.514. The van der Waals surface area contributed by atoms with Gasteiger partial charge in [0.25, 0.3) is 10.0 Å². The molecule has 1 aliphatic heterocycles. The van der Waals surface area contributed by atoms with Gasteiger partial charge in [0.2, 0.25) is 5.91 Å². The van der Waals surface area contributed by atoms with E-state index in [4.69, 9.17) is 14.0 Å². The van der Waals surface area contributed by atoms with Crippen molar-refractivity contribution in [1.82, 2.24) is 5.16 Å². The summed E-state index contributed by atoms with van der Waals surface area (Å²) in [6, 6.07) is 8.14. The van der Waals surface area contributed by atoms with Crippen LogP contribution >= 0.6 is 11.3 Å². The van der Waals surface area contributed by atoms with Crippen LogP contribution in [-0.4, -0.2) is 32.7 Å². The molecule has 3 heterocycles. The van der Waals surface area contributed by atoms with E-state index in [9.17, 15) is 13.2 Å². The average Bonchev–Trinajstić information content (AvgIpc) is 3.44. The van der Waals surface area contributed by atoms with Gasteiger partial charge in [-0.25, -0.2) is 8.42 Å². The highest BCUT2D eigenvalue weighted by atomic mass is 32.2. The molecule has 0 atom stereocenters. The third-order valence-corrected chi connectivity index (χ3v) is 8.07. The number of aryl methyl sites for hydroxylation is 1. The first-order valence-corrected chi connectivity index (χ1v) is 12.7. The van der Waals surface area contributed by atoms with E-state index in [1.165, 1.54) is 6.07 Å². The molecule has 0 spiro atoms. The lowest BCUT2D eigenvalue weighted by Gasteiger charge is -2.19. The van der Waals surface area contributed by atoms with Crippen molar-refractivity contribution in [3.63, 3.8) is 0 Å². The summed E-state index contributed by atoms with van der Waals surface area (Å²) in [5.41, 5.74) is 1.51. The van der Waals surface area contributed by atoms with E-state index in [-0.39, 0.29) is 16.0 Å². The first kappa shape index (κ1) is 21.5. The summed E-state index contributed by atoms with van der Waals surface area (Å²) in [5, 5.41) is 6.79. The van der Waals surface area contributed by atoms with Crippen LogP contribution in [0.4, 0.5) is 11.4 Å². The molecule has 1 amide bonds. The van der Waals surface area contributed by atoms with Gasteiger partial charge in [-0.1, -0.05) is 5.16 Å².